The van der Waals surface area contributed by atoms with Crippen LogP contribution >= 0.6 is 0 Å². The first kappa shape index (κ1) is 14.4. The van der Waals surface area contributed by atoms with Gasteiger partial charge in [-0.25, -0.2) is 8.42 Å². The van der Waals surface area contributed by atoms with Gasteiger partial charge in [-0.1, -0.05) is 5.16 Å². The van der Waals surface area contributed by atoms with E-state index in [-0.39, 0.29) is 6.54 Å². The molecule has 0 bridgehead atoms. The van der Waals surface area contributed by atoms with E-state index in [0.29, 0.717) is 17.4 Å². The summed E-state index contributed by atoms with van der Waals surface area (Å²) in [5.74, 6) is -2.56. The van der Waals surface area contributed by atoms with Crippen LogP contribution in [-0.4, -0.2) is 24.3 Å². The molecule has 6 nitrogen and oxygen atoms in total. The van der Waals surface area contributed by atoms with E-state index in [2.05, 4.69) is 15.5 Å². The quantitative estimate of drug-likeness (QED) is 0.909. The Bertz CT molecular complexity index is 683. The number of anilines is 1. The number of aryl methyl sites for hydroxylation is 1. The highest BCUT2D eigenvalue weighted by Gasteiger charge is 2.26. The van der Waals surface area contributed by atoms with Crippen molar-refractivity contribution in [3.63, 3.8) is 0 Å². The third-order valence-electron chi connectivity index (χ3n) is 2.43. The standard InChI is InChI=1S/C11H11F2N3O3S/c1-7-15-10(19-16-7)6-14-8-2-4-9(5-3-8)20(17,18)11(12)13/h2-5,11,14H,6H2,1H3. The van der Waals surface area contributed by atoms with Crippen LogP contribution in [0.3, 0.4) is 0 Å². The van der Waals surface area contributed by atoms with E-state index >= 15 is 0 Å². The van der Waals surface area contributed by atoms with Crippen molar-refractivity contribution < 1.29 is 21.7 Å². The Morgan fingerprint density at radius 3 is 2.45 bits per heavy atom. The lowest BCUT2D eigenvalue weighted by Crippen LogP contribution is -2.11. The summed E-state index contributed by atoms with van der Waals surface area (Å²) in [6, 6.07) is 5.00. The van der Waals surface area contributed by atoms with E-state index < -0.39 is 20.5 Å². The van der Waals surface area contributed by atoms with Crippen LogP contribution < -0.4 is 5.32 Å². The Morgan fingerprint density at radius 1 is 1.30 bits per heavy atom. The second kappa shape index (κ2) is 5.53. The predicted molar refractivity (Wildman–Crippen MR) is 66.0 cm³/mol. The largest absolute Gasteiger partial charge is 0.376 e. The van der Waals surface area contributed by atoms with Gasteiger partial charge in [0.25, 0.3) is 0 Å². The minimum absolute atomic E-state index is 0.252. The van der Waals surface area contributed by atoms with Crippen molar-refractivity contribution >= 4 is 15.5 Å². The lowest BCUT2D eigenvalue weighted by molar-refractivity contribution is 0.234. The molecule has 0 amide bonds. The first-order valence-electron chi connectivity index (χ1n) is 5.55. The van der Waals surface area contributed by atoms with E-state index in [1.807, 2.05) is 0 Å². The highest BCUT2D eigenvalue weighted by Crippen LogP contribution is 2.20. The molecule has 0 saturated heterocycles. The van der Waals surface area contributed by atoms with Crippen molar-refractivity contribution in [2.75, 3.05) is 5.32 Å². The topological polar surface area (TPSA) is 85.1 Å². The van der Waals surface area contributed by atoms with Gasteiger partial charge in [-0.3, -0.25) is 0 Å². The maximum absolute atomic E-state index is 12.3. The van der Waals surface area contributed by atoms with Crippen molar-refractivity contribution in [2.24, 2.45) is 0 Å². The van der Waals surface area contributed by atoms with Gasteiger partial charge in [0.05, 0.1) is 11.4 Å². The molecule has 0 radical (unpaired) electrons. The molecule has 0 aliphatic heterocycles. The summed E-state index contributed by atoms with van der Waals surface area (Å²) in [5, 5.41) is 6.51. The number of benzene rings is 1. The van der Waals surface area contributed by atoms with E-state index in [1.54, 1.807) is 6.92 Å². The number of alkyl halides is 2. The zero-order valence-electron chi connectivity index (χ0n) is 10.4. The molecule has 20 heavy (non-hydrogen) atoms. The number of rotatable bonds is 5. The lowest BCUT2D eigenvalue weighted by atomic mass is 10.3. The number of nitrogens with zero attached hydrogens (tertiary/aromatic N) is 2. The van der Waals surface area contributed by atoms with E-state index in [1.165, 1.54) is 12.1 Å². The number of sulfone groups is 1. The van der Waals surface area contributed by atoms with Gasteiger partial charge in [-0.05, 0) is 31.2 Å². The summed E-state index contributed by atoms with van der Waals surface area (Å²) in [4.78, 5) is 3.55. The highest BCUT2D eigenvalue weighted by molar-refractivity contribution is 7.91. The molecule has 1 heterocycles. The Balaban J connectivity index is 2.05. The molecule has 0 saturated carbocycles. The van der Waals surface area contributed by atoms with Gasteiger partial charge in [0, 0.05) is 5.69 Å². The van der Waals surface area contributed by atoms with Crippen LogP contribution in [0.1, 0.15) is 11.7 Å². The summed E-state index contributed by atoms with van der Waals surface area (Å²) in [5.41, 5.74) is 0.550. The first-order chi connectivity index (χ1) is 9.39. The van der Waals surface area contributed by atoms with Gasteiger partial charge in [-0.15, -0.1) is 0 Å². The number of hydrogen-bond donors (Lipinski definition) is 1. The highest BCUT2D eigenvalue weighted by atomic mass is 32.2. The fraction of sp³-hybridized carbons (Fsp3) is 0.273. The summed E-state index contributed by atoms with van der Waals surface area (Å²) in [7, 11) is -4.56. The van der Waals surface area contributed by atoms with Gasteiger partial charge < -0.3 is 9.84 Å². The lowest BCUT2D eigenvalue weighted by Gasteiger charge is -2.06. The molecular weight excluding hydrogens is 292 g/mol. The Morgan fingerprint density at radius 2 is 1.95 bits per heavy atom. The van der Waals surface area contributed by atoms with Crippen LogP contribution in [0.15, 0.2) is 33.7 Å². The van der Waals surface area contributed by atoms with Gasteiger partial charge in [0.1, 0.15) is 0 Å². The van der Waals surface area contributed by atoms with Crippen molar-refractivity contribution in [3.8, 4) is 0 Å². The van der Waals surface area contributed by atoms with Crippen molar-refractivity contribution in [2.45, 2.75) is 24.1 Å². The molecule has 0 atom stereocenters. The maximum Gasteiger partial charge on any atom is 0.341 e. The fourth-order valence-corrected chi connectivity index (χ4v) is 2.18. The molecule has 1 aromatic heterocycles. The summed E-state index contributed by atoms with van der Waals surface area (Å²) < 4.78 is 52.0. The molecule has 2 rings (SSSR count). The van der Waals surface area contributed by atoms with Crippen molar-refractivity contribution in [3.05, 3.63) is 36.0 Å². The van der Waals surface area contributed by atoms with E-state index in [0.717, 1.165) is 12.1 Å². The predicted octanol–water partition coefficient (Wildman–Crippen LogP) is 1.99. The summed E-state index contributed by atoms with van der Waals surface area (Å²) in [6.45, 7) is 1.93. The Kier molecular flexibility index (Phi) is 3.98. The minimum Gasteiger partial charge on any atom is -0.376 e. The second-order valence-electron chi connectivity index (χ2n) is 3.92. The van der Waals surface area contributed by atoms with Gasteiger partial charge in [0.2, 0.25) is 15.7 Å². The third-order valence-corrected chi connectivity index (χ3v) is 3.83. The zero-order valence-corrected chi connectivity index (χ0v) is 11.2. The Hall–Kier alpha value is -2.03. The molecule has 0 aliphatic rings. The molecule has 108 valence electrons. The minimum atomic E-state index is -4.56. The molecular formula is C11H11F2N3O3S. The maximum atomic E-state index is 12.3. The third kappa shape index (κ3) is 3.10. The van der Waals surface area contributed by atoms with Crippen LogP contribution in [0.25, 0.3) is 0 Å². The van der Waals surface area contributed by atoms with Gasteiger partial charge in [0.15, 0.2) is 5.82 Å². The molecule has 0 unspecified atom stereocenters. The van der Waals surface area contributed by atoms with E-state index in [4.69, 9.17) is 4.52 Å². The zero-order chi connectivity index (χ0) is 14.8. The van der Waals surface area contributed by atoms with Crippen molar-refractivity contribution in [1.82, 2.24) is 10.1 Å². The number of nitrogens with one attached hydrogen (secondary N) is 1. The average molecular weight is 303 g/mol. The smallest absolute Gasteiger partial charge is 0.341 e. The fourth-order valence-electron chi connectivity index (χ4n) is 1.45. The van der Waals surface area contributed by atoms with Gasteiger partial charge in [-0.2, -0.15) is 13.8 Å². The normalized spacial score (nSPS) is 11.8. The Labute approximate surface area is 113 Å². The van der Waals surface area contributed by atoms with Crippen molar-refractivity contribution in [1.29, 1.82) is 0 Å². The molecule has 1 N–H and O–H groups in total. The first-order valence-corrected chi connectivity index (χ1v) is 7.09. The molecule has 2 aromatic rings. The van der Waals surface area contributed by atoms with Gasteiger partial charge >= 0.3 is 5.76 Å². The monoisotopic (exact) mass is 303 g/mol. The average Bonchev–Trinajstić information content (AvgIpc) is 2.82. The van der Waals surface area contributed by atoms with Crippen LogP contribution in [0, 0.1) is 6.92 Å². The molecule has 0 aliphatic carbocycles. The SMILES string of the molecule is Cc1noc(CNc2ccc(S(=O)(=O)C(F)F)cc2)n1. The second-order valence-corrected chi connectivity index (χ2v) is 5.84. The summed E-state index contributed by atoms with van der Waals surface area (Å²) in [6.07, 6.45) is 0. The van der Waals surface area contributed by atoms with E-state index in [9.17, 15) is 17.2 Å². The van der Waals surface area contributed by atoms with Crippen LogP contribution in [0.4, 0.5) is 14.5 Å². The van der Waals surface area contributed by atoms with Crippen LogP contribution in [-0.2, 0) is 16.4 Å². The number of aromatic nitrogens is 2. The van der Waals surface area contributed by atoms with Crippen LogP contribution in [0.2, 0.25) is 0 Å². The summed E-state index contributed by atoms with van der Waals surface area (Å²) >= 11 is 0. The number of hydrogen-bond acceptors (Lipinski definition) is 6. The molecule has 0 fully saturated rings. The molecule has 9 heteroatoms. The van der Waals surface area contributed by atoms with Crippen LogP contribution in [0.5, 0.6) is 0 Å². The molecule has 1 aromatic carbocycles. The molecule has 0 spiro atoms. The number of halogens is 2.